The smallest absolute Gasteiger partial charge is 0.340 e. The zero-order valence-corrected chi connectivity index (χ0v) is 17.0. The Labute approximate surface area is 165 Å². The van der Waals surface area contributed by atoms with Gasteiger partial charge in [-0.2, -0.15) is 0 Å². The molecule has 1 aliphatic heterocycles. The summed E-state index contributed by atoms with van der Waals surface area (Å²) in [6, 6.07) is 4.39. The minimum atomic E-state index is -0.964. The van der Waals surface area contributed by atoms with Crippen LogP contribution in [0.1, 0.15) is 45.1 Å². The van der Waals surface area contributed by atoms with Gasteiger partial charge in [-0.05, 0) is 30.5 Å². The lowest BCUT2D eigenvalue weighted by Gasteiger charge is -2.38. The summed E-state index contributed by atoms with van der Waals surface area (Å²) < 4.78 is 26.1. The van der Waals surface area contributed by atoms with Crippen molar-refractivity contribution < 1.29 is 23.5 Å². The Kier molecular flexibility index (Phi) is 5.16. The Morgan fingerprint density at radius 3 is 2.78 bits per heavy atom. The molecule has 144 valence electrons. The molecule has 0 bridgehead atoms. The van der Waals surface area contributed by atoms with E-state index in [0.29, 0.717) is 16.7 Å². The molecule has 1 unspecified atom stereocenters. The van der Waals surface area contributed by atoms with E-state index in [9.17, 15) is 14.0 Å². The van der Waals surface area contributed by atoms with E-state index in [1.807, 2.05) is 13.8 Å². The molecule has 1 heterocycles. The van der Waals surface area contributed by atoms with Crippen molar-refractivity contribution >= 4 is 27.7 Å². The number of ketones is 1. The normalized spacial score (nSPS) is 21.7. The maximum Gasteiger partial charge on any atom is 0.340 e. The van der Waals surface area contributed by atoms with Crippen molar-refractivity contribution in [3.63, 3.8) is 0 Å². The van der Waals surface area contributed by atoms with Crippen LogP contribution in [-0.2, 0) is 19.1 Å². The Hall–Kier alpha value is -2.15. The predicted octanol–water partition coefficient (Wildman–Crippen LogP) is 4.08. The molecule has 5 nitrogen and oxygen atoms in total. The quantitative estimate of drug-likeness (QED) is 0.720. The van der Waals surface area contributed by atoms with Gasteiger partial charge in [0.05, 0.1) is 12.5 Å². The summed E-state index contributed by atoms with van der Waals surface area (Å²) in [5.74, 6) is -2.16. The first-order valence-electron chi connectivity index (χ1n) is 8.70. The molecule has 2 aliphatic rings. The van der Waals surface area contributed by atoms with E-state index in [2.05, 4.69) is 15.9 Å². The zero-order valence-electron chi connectivity index (χ0n) is 15.4. The number of hydrogen-bond donors (Lipinski definition) is 1. The summed E-state index contributed by atoms with van der Waals surface area (Å²) in [6.07, 6.45) is 0.744. The largest absolute Gasteiger partial charge is 0.462 e. The van der Waals surface area contributed by atoms with Gasteiger partial charge in [0.1, 0.15) is 17.1 Å². The van der Waals surface area contributed by atoms with Gasteiger partial charge in [0.15, 0.2) is 5.78 Å². The summed E-state index contributed by atoms with van der Waals surface area (Å²) in [6.45, 7) is 5.68. The van der Waals surface area contributed by atoms with Gasteiger partial charge in [-0.15, -0.1) is 0 Å². The monoisotopic (exact) mass is 437 g/mol. The van der Waals surface area contributed by atoms with Crippen LogP contribution < -0.4 is 5.73 Å². The van der Waals surface area contributed by atoms with Crippen molar-refractivity contribution in [1.82, 2.24) is 0 Å². The summed E-state index contributed by atoms with van der Waals surface area (Å²) >= 11 is 3.32. The lowest BCUT2D eigenvalue weighted by molar-refractivity contribution is -0.139. The molecular formula is C20H21BrFNO4. The average Bonchev–Trinajstić information content (AvgIpc) is 2.54. The van der Waals surface area contributed by atoms with E-state index in [4.69, 9.17) is 15.2 Å². The fourth-order valence-corrected chi connectivity index (χ4v) is 4.02. The maximum absolute atomic E-state index is 14.7. The SMILES string of the molecule is CCOC(=O)C1=C(N)OC2=C(C(=O)CC(C)(C)C2)C1c1cc(Br)ccc1F. The number of esters is 1. The molecule has 27 heavy (non-hydrogen) atoms. The van der Waals surface area contributed by atoms with Crippen molar-refractivity contribution in [2.24, 2.45) is 11.1 Å². The second-order valence-electron chi connectivity index (χ2n) is 7.48. The number of hydrogen-bond acceptors (Lipinski definition) is 5. The summed E-state index contributed by atoms with van der Waals surface area (Å²) in [7, 11) is 0. The first-order valence-corrected chi connectivity index (χ1v) is 9.49. The molecule has 0 saturated carbocycles. The molecule has 1 atom stereocenters. The van der Waals surface area contributed by atoms with E-state index in [0.717, 1.165) is 0 Å². The van der Waals surface area contributed by atoms with Crippen LogP contribution in [0, 0.1) is 11.2 Å². The second-order valence-corrected chi connectivity index (χ2v) is 8.39. The molecule has 0 amide bonds. The van der Waals surface area contributed by atoms with E-state index in [1.54, 1.807) is 19.1 Å². The van der Waals surface area contributed by atoms with Crippen molar-refractivity contribution in [2.75, 3.05) is 6.61 Å². The third kappa shape index (κ3) is 3.65. The van der Waals surface area contributed by atoms with Crippen LogP contribution in [0.5, 0.6) is 0 Å². The van der Waals surface area contributed by atoms with Crippen LogP contribution in [0.3, 0.4) is 0 Å². The predicted molar refractivity (Wildman–Crippen MR) is 101 cm³/mol. The molecular weight excluding hydrogens is 417 g/mol. The molecule has 1 aliphatic carbocycles. The minimum Gasteiger partial charge on any atom is -0.462 e. The van der Waals surface area contributed by atoms with Gasteiger partial charge >= 0.3 is 5.97 Å². The Morgan fingerprint density at radius 1 is 1.41 bits per heavy atom. The van der Waals surface area contributed by atoms with Crippen LogP contribution in [0.4, 0.5) is 4.39 Å². The number of carbonyl (C=O) groups excluding carboxylic acids is 2. The fourth-order valence-electron chi connectivity index (χ4n) is 3.64. The number of rotatable bonds is 3. The number of allylic oxidation sites excluding steroid dienone is 2. The summed E-state index contributed by atoms with van der Waals surface area (Å²) in [5.41, 5.74) is 6.16. The van der Waals surface area contributed by atoms with Crippen LogP contribution in [0.15, 0.2) is 45.5 Å². The molecule has 7 heteroatoms. The Balaban J connectivity index is 2.24. The molecule has 0 radical (unpaired) electrons. The van der Waals surface area contributed by atoms with E-state index in [-0.39, 0.29) is 46.8 Å². The fraction of sp³-hybridized carbons (Fsp3) is 0.400. The molecule has 0 spiro atoms. The van der Waals surface area contributed by atoms with Gasteiger partial charge in [-0.1, -0.05) is 29.8 Å². The van der Waals surface area contributed by atoms with Crippen molar-refractivity contribution in [3.05, 3.63) is 56.8 Å². The van der Waals surface area contributed by atoms with Crippen LogP contribution in [-0.4, -0.2) is 18.4 Å². The zero-order chi connectivity index (χ0) is 19.9. The first kappa shape index (κ1) is 19.6. The van der Waals surface area contributed by atoms with Crippen LogP contribution in [0.25, 0.3) is 0 Å². The van der Waals surface area contributed by atoms with E-state index < -0.39 is 17.7 Å². The third-order valence-electron chi connectivity index (χ3n) is 4.72. The van der Waals surface area contributed by atoms with Gasteiger partial charge in [-0.3, -0.25) is 4.79 Å². The number of ether oxygens (including phenoxy) is 2. The van der Waals surface area contributed by atoms with Gasteiger partial charge in [-0.25, -0.2) is 9.18 Å². The number of carbonyl (C=O) groups is 2. The van der Waals surface area contributed by atoms with Gasteiger partial charge < -0.3 is 15.2 Å². The van der Waals surface area contributed by atoms with Gasteiger partial charge in [0.25, 0.3) is 0 Å². The molecule has 0 fully saturated rings. The number of Topliss-reactive ketones (excluding diaryl/α,β-unsaturated/α-hetero) is 1. The van der Waals surface area contributed by atoms with Gasteiger partial charge in [0.2, 0.25) is 5.88 Å². The standard InChI is InChI=1S/C20H21BrFNO4/c1-4-26-19(25)17-15(11-7-10(21)5-6-12(11)22)16-13(24)8-20(2,3)9-14(16)27-18(17)23/h5-7,15H,4,8-9,23H2,1-3H3. The Morgan fingerprint density at radius 2 is 2.11 bits per heavy atom. The molecule has 3 rings (SSSR count). The van der Waals surface area contributed by atoms with Crippen molar-refractivity contribution in [1.29, 1.82) is 0 Å². The molecule has 2 N–H and O–H groups in total. The van der Waals surface area contributed by atoms with E-state index in [1.165, 1.54) is 6.07 Å². The molecule has 0 aromatic heterocycles. The average molecular weight is 438 g/mol. The minimum absolute atomic E-state index is 0.0411. The lowest BCUT2D eigenvalue weighted by atomic mass is 9.70. The van der Waals surface area contributed by atoms with Crippen LogP contribution in [0.2, 0.25) is 0 Å². The first-order chi connectivity index (χ1) is 12.6. The maximum atomic E-state index is 14.7. The molecule has 1 aromatic carbocycles. The molecule has 1 aromatic rings. The highest BCUT2D eigenvalue weighted by atomic mass is 79.9. The summed E-state index contributed by atoms with van der Waals surface area (Å²) in [5, 5.41) is 0. The highest BCUT2D eigenvalue weighted by Crippen LogP contribution is 2.48. The van der Waals surface area contributed by atoms with Crippen molar-refractivity contribution in [3.8, 4) is 0 Å². The number of benzene rings is 1. The number of halogens is 2. The Bertz CT molecular complexity index is 888. The van der Waals surface area contributed by atoms with Crippen molar-refractivity contribution in [2.45, 2.75) is 39.5 Å². The highest BCUT2D eigenvalue weighted by Gasteiger charge is 2.45. The second kappa shape index (κ2) is 7.11. The van der Waals surface area contributed by atoms with Gasteiger partial charge in [0, 0.05) is 28.5 Å². The lowest BCUT2D eigenvalue weighted by Crippen LogP contribution is -2.36. The third-order valence-corrected chi connectivity index (χ3v) is 5.21. The summed E-state index contributed by atoms with van der Waals surface area (Å²) in [4.78, 5) is 25.6. The molecule has 0 saturated heterocycles. The van der Waals surface area contributed by atoms with Crippen LogP contribution >= 0.6 is 15.9 Å². The van der Waals surface area contributed by atoms with E-state index >= 15 is 0 Å². The number of nitrogens with two attached hydrogens (primary N) is 1. The highest BCUT2D eigenvalue weighted by molar-refractivity contribution is 9.10. The topological polar surface area (TPSA) is 78.6 Å².